The molecule has 3 aliphatic heterocycles. The van der Waals surface area contributed by atoms with Crippen molar-refractivity contribution in [2.75, 3.05) is 5.32 Å². The standard InChI is InChI=1S/C34H33FN6O6/c1-15(2)25(42)29(44)38-22-11-16-6-9-23-20(10-16)34(19-12-17(35)7-8-21(19)39-32(34)46-23)27-24(30-37-18(13-36)14-45-30)40-31(47-27)26(33(3,4)5)41-28(22)43/h6-10,12,14-15,22,25-26,32,39,42H,11H2,1-5H3,(H,38,44)(H,41,43)/t22-,25-,26+,32+,34-/m0/s1. The van der Waals surface area contributed by atoms with Gasteiger partial charge < -0.3 is 34.6 Å². The molecule has 4 N–H and O–H groups in total. The number of hydrogen-bond acceptors (Lipinski definition) is 10. The highest BCUT2D eigenvalue weighted by atomic mass is 19.1. The van der Waals surface area contributed by atoms with Crippen LogP contribution in [0.25, 0.3) is 11.6 Å². The zero-order valence-corrected chi connectivity index (χ0v) is 26.3. The lowest BCUT2D eigenvalue weighted by molar-refractivity contribution is -0.136. The van der Waals surface area contributed by atoms with Crippen molar-refractivity contribution in [2.45, 2.75) is 70.9 Å². The number of halogens is 1. The Hall–Kier alpha value is -5.22. The summed E-state index contributed by atoms with van der Waals surface area (Å²) in [5.74, 6) is -1.24. The van der Waals surface area contributed by atoms with Crippen molar-refractivity contribution in [3.05, 3.63) is 82.5 Å². The molecule has 47 heavy (non-hydrogen) atoms. The summed E-state index contributed by atoms with van der Waals surface area (Å²) < 4.78 is 34.0. The maximum absolute atomic E-state index is 15.1. The summed E-state index contributed by atoms with van der Waals surface area (Å²) in [5.41, 5.74) is 0.576. The van der Waals surface area contributed by atoms with Crippen LogP contribution in [0, 0.1) is 28.5 Å². The van der Waals surface area contributed by atoms with Gasteiger partial charge in [-0.2, -0.15) is 10.2 Å². The van der Waals surface area contributed by atoms with E-state index in [-0.39, 0.29) is 41.3 Å². The SMILES string of the molecule is CC(C)[C@H](O)C(=O)N[C@H]1Cc2ccc3c(c2)[C@@]2(c4cc(F)ccc4N[C@@H]2O3)c2oc(nc2-c2nc(C#N)co2)[C@H](C(C)(C)C)NC1=O. The first-order chi connectivity index (χ1) is 22.3. The molecule has 13 heteroatoms. The third-order valence-corrected chi connectivity index (χ3v) is 9.00. The van der Waals surface area contributed by atoms with Crippen molar-refractivity contribution >= 4 is 17.5 Å². The normalized spacial score (nSPS) is 23.3. The fourth-order valence-electron chi connectivity index (χ4n) is 6.57. The Kier molecular flexibility index (Phi) is 6.91. The van der Waals surface area contributed by atoms with Crippen LogP contribution in [0.3, 0.4) is 0 Å². The van der Waals surface area contributed by atoms with Crippen molar-refractivity contribution in [1.29, 1.82) is 5.26 Å². The molecule has 4 bridgehead atoms. The van der Waals surface area contributed by atoms with E-state index >= 15 is 4.39 Å². The number of fused-ring (bicyclic) bond motifs is 4. The van der Waals surface area contributed by atoms with Gasteiger partial charge in [0, 0.05) is 23.2 Å². The maximum atomic E-state index is 15.1. The van der Waals surface area contributed by atoms with Gasteiger partial charge >= 0.3 is 0 Å². The molecular weight excluding hydrogens is 607 g/mol. The molecule has 12 nitrogen and oxygen atoms in total. The average molecular weight is 641 g/mol. The number of nitrogens with one attached hydrogen (secondary N) is 3. The van der Waals surface area contributed by atoms with Crippen LogP contribution in [0.5, 0.6) is 5.75 Å². The molecule has 0 fully saturated rings. The van der Waals surface area contributed by atoms with Crippen LogP contribution in [0.1, 0.15) is 74.7 Å². The Balaban J connectivity index is 1.51. The third kappa shape index (κ3) is 4.74. The fraction of sp³-hybridized carbons (Fsp3) is 0.382. The van der Waals surface area contributed by atoms with Crippen LogP contribution in [-0.4, -0.2) is 45.3 Å². The molecule has 0 saturated heterocycles. The first kappa shape index (κ1) is 30.4. The van der Waals surface area contributed by atoms with Crippen LogP contribution >= 0.6 is 0 Å². The molecule has 1 spiro atoms. The Morgan fingerprint density at radius 2 is 1.96 bits per heavy atom. The lowest BCUT2D eigenvalue weighted by Crippen LogP contribution is -2.53. The third-order valence-electron chi connectivity index (χ3n) is 9.00. The number of hydrogen-bond donors (Lipinski definition) is 4. The highest BCUT2D eigenvalue weighted by Gasteiger charge is 2.61. The molecule has 0 aliphatic carbocycles. The van der Waals surface area contributed by atoms with E-state index < -0.39 is 52.9 Å². The quantitative estimate of drug-likeness (QED) is 0.254. The van der Waals surface area contributed by atoms with Gasteiger partial charge in [0.2, 0.25) is 23.6 Å². The van der Waals surface area contributed by atoms with E-state index in [1.54, 1.807) is 32.0 Å². The van der Waals surface area contributed by atoms with Crippen LogP contribution < -0.4 is 20.7 Å². The highest BCUT2D eigenvalue weighted by Crippen LogP contribution is 2.59. The van der Waals surface area contributed by atoms with Crippen LogP contribution in [-0.2, 0) is 21.4 Å². The molecule has 4 aromatic rings. The van der Waals surface area contributed by atoms with E-state index in [0.29, 0.717) is 28.1 Å². The zero-order chi connectivity index (χ0) is 33.4. The highest BCUT2D eigenvalue weighted by molar-refractivity contribution is 5.90. The molecule has 5 atom stereocenters. The number of aliphatic hydroxyl groups is 1. The monoisotopic (exact) mass is 640 g/mol. The van der Waals surface area contributed by atoms with Gasteiger partial charge in [-0.3, -0.25) is 9.59 Å². The van der Waals surface area contributed by atoms with Crippen molar-refractivity contribution in [3.8, 4) is 23.4 Å². The van der Waals surface area contributed by atoms with Crippen LogP contribution in [0.2, 0.25) is 0 Å². The number of carbonyl (C=O) groups is 2. The number of aromatic nitrogens is 2. The van der Waals surface area contributed by atoms with Gasteiger partial charge in [0.05, 0.1) is 0 Å². The van der Waals surface area contributed by atoms with Crippen molar-refractivity contribution in [1.82, 2.24) is 20.6 Å². The molecule has 2 amide bonds. The molecule has 5 heterocycles. The van der Waals surface area contributed by atoms with Gasteiger partial charge in [0.1, 0.15) is 47.5 Å². The lowest BCUT2D eigenvalue weighted by Gasteiger charge is -2.32. The first-order valence-corrected chi connectivity index (χ1v) is 15.3. The maximum Gasteiger partial charge on any atom is 0.250 e. The number of benzene rings is 2. The summed E-state index contributed by atoms with van der Waals surface area (Å²) in [5, 5.41) is 29.2. The molecular formula is C34H33FN6O6. The number of nitrogens with zero attached hydrogens (tertiary/aromatic N) is 3. The molecule has 3 aliphatic rings. The zero-order valence-electron chi connectivity index (χ0n) is 26.3. The van der Waals surface area contributed by atoms with Gasteiger partial charge in [0.25, 0.3) is 0 Å². The molecule has 7 rings (SSSR count). The Labute approximate surface area is 269 Å². The minimum atomic E-state index is -1.33. The number of carbonyl (C=O) groups excluding carboxylic acids is 2. The summed E-state index contributed by atoms with van der Waals surface area (Å²) in [6, 6.07) is 9.80. The number of ether oxygens (including phenoxy) is 1. The number of anilines is 1. The minimum absolute atomic E-state index is 0.00389. The van der Waals surface area contributed by atoms with E-state index in [9.17, 15) is 20.0 Å². The average Bonchev–Trinajstić information content (AvgIpc) is 3.79. The van der Waals surface area contributed by atoms with Gasteiger partial charge in [-0.15, -0.1) is 0 Å². The van der Waals surface area contributed by atoms with Gasteiger partial charge in [-0.25, -0.2) is 9.37 Å². The summed E-state index contributed by atoms with van der Waals surface area (Å²) in [7, 11) is 0. The second-order valence-electron chi connectivity index (χ2n) is 13.6. The van der Waals surface area contributed by atoms with E-state index in [4.69, 9.17) is 18.6 Å². The summed E-state index contributed by atoms with van der Waals surface area (Å²) in [6.45, 7) is 9.09. The Bertz CT molecular complexity index is 1970. The van der Waals surface area contributed by atoms with E-state index in [1.807, 2.05) is 32.9 Å². The van der Waals surface area contributed by atoms with E-state index in [0.717, 1.165) is 0 Å². The smallest absolute Gasteiger partial charge is 0.250 e. The number of oxazole rings is 2. The summed E-state index contributed by atoms with van der Waals surface area (Å²) in [6.07, 6.45) is -0.860. The summed E-state index contributed by atoms with van der Waals surface area (Å²) >= 11 is 0. The second-order valence-corrected chi connectivity index (χ2v) is 13.6. The Morgan fingerprint density at radius 3 is 2.66 bits per heavy atom. The first-order valence-electron chi connectivity index (χ1n) is 15.3. The van der Waals surface area contributed by atoms with Gasteiger partial charge in [-0.1, -0.05) is 46.8 Å². The van der Waals surface area contributed by atoms with E-state index in [2.05, 4.69) is 20.9 Å². The van der Waals surface area contributed by atoms with Crippen molar-refractivity contribution in [3.63, 3.8) is 0 Å². The molecule has 0 unspecified atom stereocenters. The molecule has 2 aromatic heterocycles. The number of aliphatic hydroxyl groups excluding tert-OH is 1. The molecule has 242 valence electrons. The van der Waals surface area contributed by atoms with E-state index in [1.165, 1.54) is 18.4 Å². The predicted molar refractivity (Wildman–Crippen MR) is 164 cm³/mol. The molecule has 0 saturated carbocycles. The van der Waals surface area contributed by atoms with Crippen LogP contribution in [0.15, 0.2) is 51.5 Å². The van der Waals surface area contributed by atoms with Crippen molar-refractivity contribution in [2.24, 2.45) is 11.3 Å². The fourth-order valence-corrected chi connectivity index (χ4v) is 6.57. The lowest BCUT2D eigenvalue weighted by atomic mass is 9.72. The molecule has 2 aromatic carbocycles. The topological polar surface area (TPSA) is 176 Å². The number of rotatable bonds is 4. The Morgan fingerprint density at radius 1 is 1.17 bits per heavy atom. The van der Waals surface area contributed by atoms with Gasteiger partial charge in [-0.05, 0) is 41.2 Å². The minimum Gasteiger partial charge on any atom is -0.469 e. The summed E-state index contributed by atoms with van der Waals surface area (Å²) in [4.78, 5) is 36.3. The largest absolute Gasteiger partial charge is 0.469 e. The van der Waals surface area contributed by atoms with Crippen LogP contribution in [0.4, 0.5) is 10.1 Å². The number of nitriles is 1. The number of amides is 2. The second kappa shape index (κ2) is 10.7. The van der Waals surface area contributed by atoms with Crippen molar-refractivity contribution < 1.29 is 32.7 Å². The molecule has 0 radical (unpaired) electrons. The predicted octanol–water partition coefficient (Wildman–Crippen LogP) is 4.08. The van der Waals surface area contributed by atoms with Gasteiger partial charge in [0.15, 0.2) is 23.4 Å².